The SMILES string of the molecule is CNC(Cc1ccc(Br)cc1Cl)c1cccc(C)c1F. The highest BCUT2D eigenvalue weighted by Gasteiger charge is 2.17. The maximum absolute atomic E-state index is 14.2. The second-order valence-corrected chi connectivity index (χ2v) is 6.08. The minimum absolute atomic E-state index is 0.103. The summed E-state index contributed by atoms with van der Waals surface area (Å²) in [5.74, 6) is -0.153. The standard InChI is InChI=1S/C16H16BrClFN/c1-10-4-3-5-13(16(10)19)15(20-2)8-11-6-7-12(17)9-14(11)18/h3-7,9,15,20H,8H2,1-2H3. The Morgan fingerprint density at radius 2 is 2.05 bits per heavy atom. The number of aryl methyl sites for hydroxylation is 1. The average Bonchev–Trinajstić information content (AvgIpc) is 2.42. The molecule has 4 heteroatoms. The van der Waals surface area contributed by atoms with Crippen LogP contribution in [-0.2, 0) is 6.42 Å². The van der Waals surface area contributed by atoms with Gasteiger partial charge in [-0.05, 0) is 43.7 Å². The predicted octanol–water partition coefficient (Wildman–Crippen LogP) is 5.05. The normalized spacial score (nSPS) is 12.4. The molecule has 2 rings (SSSR count). The van der Waals surface area contributed by atoms with Gasteiger partial charge >= 0.3 is 0 Å². The third kappa shape index (κ3) is 3.40. The van der Waals surface area contributed by atoms with Gasteiger partial charge in [0.15, 0.2) is 0 Å². The Labute approximate surface area is 132 Å². The molecule has 1 nitrogen and oxygen atoms in total. The fourth-order valence-corrected chi connectivity index (χ4v) is 2.96. The van der Waals surface area contributed by atoms with E-state index >= 15 is 0 Å². The third-order valence-corrected chi connectivity index (χ3v) is 4.23. The van der Waals surface area contributed by atoms with Crippen molar-refractivity contribution in [2.24, 2.45) is 0 Å². The number of rotatable bonds is 4. The number of hydrogen-bond acceptors (Lipinski definition) is 1. The molecule has 0 saturated heterocycles. The number of halogens is 3. The van der Waals surface area contributed by atoms with Crippen LogP contribution in [0.3, 0.4) is 0 Å². The largest absolute Gasteiger partial charge is 0.313 e. The molecule has 0 amide bonds. The molecule has 0 aliphatic carbocycles. The molecule has 0 spiro atoms. The quantitative estimate of drug-likeness (QED) is 0.808. The number of hydrogen-bond donors (Lipinski definition) is 1. The van der Waals surface area contributed by atoms with Gasteiger partial charge < -0.3 is 5.32 Å². The van der Waals surface area contributed by atoms with Crippen LogP contribution in [0.2, 0.25) is 5.02 Å². The van der Waals surface area contributed by atoms with E-state index in [0.717, 1.165) is 10.0 Å². The second-order valence-electron chi connectivity index (χ2n) is 4.76. The number of nitrogens with one attached hydrogen (secondary N) is 1. The maximum Gasteiger partial charge on any atom is 0.130 e. The van der Waals surface area contributed by atoms with Crippen molar-refractivity contribution in [2.45, 2.75) is 19.4 Å². The van der Waals surface area contributed by atoms with Gasteiger partial charge in [-0.3, -0.25) is 0 Å². The molecular weight excluding hydrogens is 341 g/mol. The third-order valence-electron chi connectivity index (χ3n) is 3.38. The Morgan fingerprint density at radius 3 is 2.70 bits per heavy atom. The van der Waals surface area contributed by atoms with Crippen molar-refractivity contribution < 1.29 is 4.39 Å². The van der Waals surface area contributed by atoms with Crippen LogP contribution in [0.15, 0.2) is 40.9 Å². The zero-order valence-corrected chi connectivity index (χ0v) is 13.7. The van der Waals surface area contributed by atoms with Crippen LogP contribution < -0.4 is 5.32 Å². The first kappa shape index (κ1) is 15.5. The second kappa shape index (κ2) is 6.70. The summed E-state index contributed by atoms with van der Waals surface area (Å²) in [5.41, 5.74) is 2.33. The zero-order chi connectivity index (χ0) is 14.7. The van der Waals surface area contributed by atoms with Crippen LogP contribution in [0.25, 0.3) is 0 Å². The fraction of sp³-hybridized carbons (Fsp3) is 0.250. The van der Waals surface area contributed by atoms with Crippen molar-refractivity contribution in [1.82, 2.24) is 5.32 Å². The van der Waals surface area contributed by atoms with E-state index in [4.69, 9.17) is 11.6 Å². The van der Waals surface area contributed by atoms with Crippen molar-refractivity contribution >= 4 is 27.5 Å². The van der Waals surface area contributed by atoms with Crippen molar-refractivity contribution in [2.75, 3.05) is 7.05 Å². The minimum Gasteiger partial charge on any atom is -0.313 e. The van der Waals surface area contributed by atoms with Gasteiger partial charge in [-0.25, -0.2) is 4.39 Å². The zero-order valence-electron chi connectivity index (χ0n) is 11.4. The minimum atomic E-state index is -0.153. The molecule has 0 saturated carbocycles. The summed E-state index contributed by atoms with van der Waals surface area (Å²) in [6.45, 7) is 1.78. The number of benzene rings is 2. The summed E-state index contributed by atoms with van der Waals surface area (Å²) in [7, 11) is 1.83. The average molecular weight is 357 g/mol. The van der Waals surface area contributed by atoms with Gasteiger partial charge in [0.25, 0.3) is 0 Å². The molecule has 20 heavy (non-hydrogen) atoms. The van der Waals surface area contributed by atoms with E-state index in [0.29, 0.717) is 22.6 Å². The van der Waals surface area contributed by atoms with E-state index in [9.17, 15) is 4.39 Å². The Balaban J connectivity index is 2.31. The Morgan fingerprint density at radius 1 is 1.30 bits per heavy atom. The van der Waals surface area contributed by atoms with Crippen molar-refractivity contribution in [1.29, 1.82) is 0 Å². The summed E-state index contributed by atoms with van der Waals surface area (Å²) in [5, 5.41) is 3.85. The molecule has 0 aliphatic rings. The monoisotopic (exact) mass is 355 g/mol. The number of likely N-dealkylation sites (N-methyl/N-ethyl adjacent to an activating group) is 1. The van der Waals surface area contributed by atoms with Crippen molar-refractivity contribution in [3.8, 4) is 0 Å². The highest BCUT2D eigenvalue weighted by Crippen LogP contribution is 2.28. The Kier molecular flexibility index (Phi) is 5.19. The van der Waals surface area contributed by atoms with Crippen LogP contribution in [0.1, 0.15) is 22.7 Å². The predicted molar refractivity (Wildman–Crippen MR) is 85.8 cm³/mol. The molecule has 0 fully saturated rings. The van der Waals surface area contributed by atoms with Gasteiger partial charge in [-0.15, -0.1) is 0 Å². The highest BCUT2D eigenvalue weighted by molar-refractivity contribution is 9.10. The smallest absolute Gasteiger partial charge is 0.130 e. The van der Waals surface area contributed by atoms with Gasteiger partial charge in [-0.2, -0.15) is 0 Å². The van der Waals surface area contributed by atoms with E-state index in [-0.39, 0.29) is 11.9 Å². The molecule has 0 bridgehead atoms. The van der Waals surface area contributed by atoms with Crippen molar-refractivity contribution in [3.05, 3.63) is 68.4 Å². The fourth-order valence-electron chi connectivity index (χ4n) is 2.21. The maximum atomic E-state index is 14.2. The van der Waals surface area contributed by atoms with Gasteiger partial charge in [0.2, 0.25) is 0 Å². The van der Waals surface area contributed by atoms with Crippen LogP contribution in [-0.4, -0.2) is 7.05 Å². The lowest BCUT2D eigenvalue weighted by Crippen LogP contribution is -2.20. The first-order valence-electron chi connectivity index (χ1n) is 6.39. The summed E-state index contributed by atoms with van der Waals surface area (Å²) in [6.07, 6.45) is 0.642. The summed E-state index contributed by atoms with van der Waals surface area (Å²) >= 11 is 9.62. The van der Waals surface area contributed by atoms with E-state index in [2.05, 4.69) is 21.2 Å². The Hall–Kier alpha value is -0.900. The van der Waals surface area contributed by atoms with Crippen LogP contribution >= 0.6 is 27.5 Å². The highest BCUT2D eigenvalue weighted by atomic mass is 79.9. The lowest BCUT2D eigenvalue weighted by atomic mass is 9.97. The molecular formula is C16H16BrClFN. The molecule has 1 N–H and O–H groups in total. The molecule has 2 aromatic rings. The molecule has 0 heterocycles. The first-order chi connectivity index (χ1) is 9.52. The van der Waals surface area contributed by atoms with E-state index < -0.39 is 0 Å². The summed E-state index contributed by atoms with van der Waals surface area (Å²) in [4.78, 5) is 0. The van der Waals surface area contributed by atoms with Crippen LogP contribution in [0, 0.1) is 12.7 Å². The van der Waals surface area contributed by atoms with Gasteiger partial charge in [0.05, 0.1) is 0 Å². The molecule has 2 aromatic carbocycles. The topological polar surface area (TPSA) is 12.0 Å². The first-order valence-corrected chi connectivity index (χ1v) is 7.56. The molecule has 1 atom stereocenters. The lowest BCUT2D eigenvalue weighted by molar-refractivity contribution is 0.530. The van der Waals surface area contributed by atoms with E-state index in [1.165, 1.54) is 0 Å². The lowest BCUT2D eigenvalue weighted by Gasteiger charge is -2.19. The Bertz CT molecular complexity index is 615. The van der Waals surface area contributed by atoms with Crippen molar-refractivity contribution in [3.63, 3.8) is 0 Å². The summed E-state index contributed by atoms with van der Waals surface area (Å²) < 4.78 is 15.2. The van der Waals surface area contributed by atoms with E-state index in [1.807, 2.05) is 37.4 Å². The molecule has 106 valence electrons. The molecule has 0 aromatic heterocycles. The molecule has 1 unspecified atom stereocenters. The molecule has 0 aliphatic heterocycles. The van der Waals surface area contributed by atoms with Crippen LogP contribution in [0.5, 0.6) is 0 Å². The summed E-state index contributed by atoms with van der Waals surface area (Å²) in [6, 6.07) is 11.1. The molecule has 0 radical (unpaired) electrons. The van der Waals surface area contributed by atoms with Crippen LogP contribution in [0.4, 0.5) is 4.39 Å². The van der Waals surface area contributed by atoms with Gasteiger partial charge in [0.1, 0.15) is 5.82 Å². The van der Waals surface area contributed by atoms with Gasteiger partial charge in [-0.1, -0.05) is 51.8 Å². The van der Waals surface area contributed by atoms with Gasteiger partial charge in [0, 0.05) is 21.1 Å². The van der Waals surface area contributed by atoms with E-state index in [1.54, 1.807) is 13.0 Å².